The van der Waals surface area contributed by atoms with Crippen molar-refractivity contribution in [3.63, 3.8) is 0 Å². The molecule has 0 saturated carbocycles. The lowest BCUT2D eigenvalue weighted by molar-refractivity contribution is -0.120. The second-order valence-electron chi connectivity index (χ2n) is 3.12. The van der Waals surface area contributed by atoms with Gasteiger partial charge in [0.05, 0.1) is 11.6 Å². The van der Waals surface area contributed by atoms with E-state index in [2.05, 4.69) is 22.9 Å². The summed E-state index contributed by atoms with van der Waals surface area (Å²) >= 11 is 4.03. The number of rotatable bonds is 5. The van der Waals surface area contributed by atoms with Gasteiger partial charge in [-0.25, -0.2) is 4.98 Å². The number of nitrogens with one attached hydrogen (secondary N) is 1. The van der Waals surface area contributed by atoms with E-state index in [1.54, 1.807) is 19.4 Å². The van der Waals surface area contributed by atoms with E-state index in [0.717, 1.165) is 13.0 Å². The van der Waals surface area contributed by atoms with Crippen LogP contribution in [0.2, 0.25) is 0 Å². The van der Waals surface area contributed by atoms with Crippen molar-refractivity contribution in [2.75, 3.05) is 6.54 Å². The monoisotopic (exact) mass is 213 g/mol. The first-order chi connectivity index (χ1) is 6.70. The predicted octanol–water partition coefficient (Wildman–Crippen LogP) is 0.708. The first kappa shape index (κ1) is 11.1. The summed E-state index contributed by atoms with van der Waals surface area (Å²) in [7, 11) is 0. The van der Waals surface area contributed by atoms with E-state index in [0.29, 0.717) is 6.54 Å². The summed E-state index contributed by atoms with van der Waals surface area (Å²) in [4.78, 5) is 15.0. The Labute approximate surface area is 89.1 Å². The van der Waals surface area contributed by atoms with Gasteiger partial charge in [0, 0.05) is 25.5 Å². The van der Waals surface area contributed by atoms with E-state index in [-0.39, 0.29) is 11.2 Å². The zero-order valence-corrected chi connectivity index (χ0v) is 9.08. The molecule has 0 saturated heterocycles. The molecule has 1 heterocycles. The number of nitrogens with zero attached hydrogens (tertiary/aromatic N) is 2. The van der Waals surface area contributed by atoms with Crippen LogP contribution in [0.25, 0.3) is 0 Å². The normalized spacial score (nSPS) is 12.4. The number of hydrogen-bond donors (Lipinski definition) is 2. The van der Waals surface area contributed by atoms with Crippen LogP contribution in [0.1, 0.15) is 13.3 Å². The zero-order valence-electron chi connectivity index (χ0n) is 8.18. The highest BCUT2D eigenvalue weighted by atomic mass is 32.1. The molecule has 0 aliphatic rings. The van der Waals surface area contributed by atoms with Crippen LogP contribution in [-0.2, 0) is 11.3 Å². The maximum atomic E-state index is 11.1. The van der Waals surface area contributed by atoms with Crippen molar-refractivity contribution in [1.82, 2.24) is 14.9 Å². The van der Waals surface area contributed by atoms with Crippen LogP contribution in [0, 0.1) is 0 Å². The molecular weight excluding hydrogens is 198 g/mol. The lowest BCUT2D eigenvalue weighted by Crippen LogP contribution is -2.30. The van der Waals surface area contributed by atoms with Crippen molar-refractivity contribution in [3.05, 3.63) is 18.7 Å². The first-order valence-electron chi connectivity index (χ1n) is 4.61. The lowest BCUT2D eigenvalue weighted by atomic mass is 10.4. The first-order valence-corrected chi connectivity index (χ1v) is 5.13. The van der Waals surface area contributed by atoms with Crippen molar-refractivity contribution in [3.8, 4) is 0 Å². The zero-order chi connectivity index (χ0) is 10.4. The second kappa shape index (κ2) is 5.70. The Kier molecular flexibility index (Phi) is 4.52. The summed E-state index contributed by atoms with van der Waals surface area (Å²) in [5, 5.41) is 2.56. The third kappa shape index (κ3) is 3.83. The van der Waals surface area contributed by atoms with E-state index < -0.39 is 0 Å². The van der Waals surface area contributed by atoms with E-state index in [1.165, 1.54) is 0 Å². The molecule has 1 N–H and O–H groups in total. The van der Waals surface area contributed by atoms with E-state index in [1.807, 2.05) is 10.8 Å². The number of carbonyl (C=O) groups is 1. The molecule has 0 aliphatic heterocycles. The summed E-state index contributed by atoms with van der Waals surface area (Å²) < 4.78 is 1.98. The Balaban J connectivity index is 2.08. The molecule has 4 nitrogen and oxygen atoms in total. The smallest absolute Gasteiger partial charge is 0.232 e. The minimum atomic E-state index is -0.233. The van der Waals surface area contributed by atoms with Gasteiger partial charge in [-0.05, 0) is 13.3 Å². The van der Waals surface area contributed by atoms with Crippen LogP contribution < -0.4 is 5.32 Å². The molecule has 1 rings (SSSR count). The Morgan fingerprint density at radius 2 is 2.50 bits per heavy atom. The van der Waals surface area contributed by atoms with Gasteiger partial charge in [0.1, 0.15) is 0 Å². The Morgan fingerprint density at radius 3 is 3.07 bits per heavy atom. The van der Waals surface area contributed by atoms with Crippen molar-refractivity contribution in [1.29, 1.82) is 0 Å². The number of carbonyl (C=O) groups excluding carboxylic acids is 1. The average Bonchev–Trinajstić information content (AvgIpc) is 2.64. The van der Waals surface area contributed by atoms with Crippen LogP contribution >= 0.6 is 12.6 Å². The van der Waals surface area contributed by atoms with Gasteiger partial charge in [0.25, 0.3) is 0 Å². The van der Waals surface area contributed by atoms with Crippen molar-refractivity contribution >= 4 is 18.5 Å². The third-order valence-electron chi connectivity index (χ3n) is 1.83. The number of amides is 1. The Bertz CT molecular complexity index is 272. The van der Waals surface area contributed by atoms with Gasteiger partial charge in [-0.15, -0.1) is 0 Å². The van der Waals surface area contributed by atoms with Gasteiger partial charge in [-0.2, -0.15) is 12.6 Å². The maximum absolute atomic E-state index is 11.1. The Morgan fingerprint density at radius 1 is 1.71 bits per heavy atom. The summed E-state index contributed by atoms with van der Waals surface area (Å²) in [6.07, 6.45) is 6.32. The predicted molar refractivity (Wildman–Crippen MR) is 58.3 cm³/mol. The number of aryl methyl sites for hydroxylation is 1. The van der Waals surface area contributed by atoms with E-state index >= 15 is 0 Å². The van der Waals surface area contributed by atoms with Crippen LogP contribution in [0.3, 0.4) is 0 Å². The molecule has 14 heavy (non-hydrogen) atoms. The highest BCUT2D eigenvalue weighted by Crippen LogP contribution is 1.92. The van der Waals surface area contributed by atoms with Crippen molar-refractivity contribution in [2.45, 2.75) is 25.1 Å². The molecule has 1 atom stereocenters. The molecule has 1 unspecified atom stereocenters. The van der Waals surface area contributed by atoms with Crippen molar-refractivity contribution < 1.29 is 4.79 Å². The number of imidazole rings is 1. The standard InChI is InChI=1S/C9H15N3OS/c1-8(14)9(13)11-3-2-5-12-6-4-10-7-12/h4,6-8,14H,2-3,5H2,1H3,(H,11,13). The van der Waals surface area contributed by atoms with Crippen LogP contribution in [0.15, 0.2) is 18.7 Å². The summed E-state index contributed by atoms with van der Waals surface area (Å²) in [6, 6.07) is 0. The maximum Gasteiger partial charge on any atom is 0.232 e. The summed E-state index contributed by atoms with van der Waals surface area (Å²) in [6.45, 7) is 3.32. The van der Waals surface area contributed by atoms with Gasteiger partial charge >= 0.3 is 0 Å². The van der Waals surface area contributed by atoms with Crippen molar-refractivity contribution in [2.24, 2.45) is 0 Å². The molecule has 1 aromatic heterocycles. The van der Waals surface area contributed by atoms with Gasteiger partial charge < -0.3 is 9.88 Å². The molecule has 0 radical (unpaired) electrons. The number of hydrogen-bond acceptors (Lipinski definition) is 3. The molecule has 0 fully saturated rings. The summed E-state index contributed by atoms with van der Waals surface area (Å²) in [5.41, 5.74) is 0. The highest BCUT2D eigenvalue weighted by molar-refractivity contribution is 7.81. The molecular formula is C9H15N3OS. The third-order valence-corrected chi connectivity index (χ3v) is 2.07. The quantitative estimate of drug-likeness (QED) is 0.559. The van der Waals surface area contributed by atoms with Gasteiger partial charge in [-0.1, -0.05) is 0 Å². The molecule has 0 spiro atoms. The SMILES string of the molecule is CC(S)C(=O)NCCCn1ccnc1. The van der Waals surface area contributed by atoms with Gasteiger partial charge in [0.2, 0.25) is 5.91 Å². The minimum Gasteiger partial charge on any atom is -0.355 e. The van der Waals surface area contributed by atoms with Gasteiger partial charge in [-0.3, -0.25) is 4.79 Å². The fourth-order valence-electron chi connectivity index (χ4n) is 1.04. The summed E-state index contributed by atoms with van der Waals surface area (Å²) in [5.74, 6) is -0.0148. The molecule has 0 aliphatic carbocycles. The number of thiol groups is 1. The van der Waals surface area contributed by atoms with Crippen LogP contribution in [-0.4, -0.2) is 27.3 Å². The van der Waals surface area contributed by atoms with Crippen LogP contribution in [0.5, 0.6) is 0 Å². The highest BCUT2D eigenvalue weighted by Gasteiger charge is 2.05. The van der Waals surface area contributed by atoms with E-state index in [4.69, 9.17) is 0 Å². The topological polar surface area (TPSA) is 46.9 Å². The lowest BCUT2D eigenvalue weighted by Gasteiger charge is -2.06. The molecule has 1 aromatic rings. The fraction of sp³-hybridized carbons (Fsp3) is 0.556. The van der Waals surface area contributed by atoms with Crippen LogP contribution in [0.4, 0.5) is 0 Å². The largest absolute Gasteiger partial charge is 0.355 e. The number of aromatic nitrogens is 2. The fourth-order valence-corrected chi connectivity index (χ4v) is 1.13. The Hall–Kier alpha value is -0.970. The minimum absolute atomic E-state index is 0.0148. The second-order valence-corrected chi connectivity index (χ2v) is 3.90. The molecule has 0 aromatic carbocycles. The molecule has 5 heteroatoms. The van der Waals surface area contributed by atoms with Gasteiger partial charge in [0.15, 0.2) is 0 Å². The molecule has 0 bridgehead atoms. The molecule has 78 valence electrons. The average molecular weight is 213 g/mol. The molecule has 1 amide bonds. The van der Waals surface area contributed by atoms with E-state index in [9.17, 15) is 4.79 Å².